The lowest BCUT2D eigenvalue weighted by atomic mass is 10.1. The standard InChI is InChI=1S/C9H20N2O2S/c1-11(7-2-8-14(12)13)9-3-5-10-6-4-9/h9-10H,2-8H2,1H3,(H,12,13). The van der Waals surface area contributed by atoms with Gasteiger partial charge in [0.15, 0.2) is 11.1 Å². The third-order valence-corrected chi connectivity index (χ3v) is 3.40. The number of nitrogens with zero attached hydrogens (tertiary/aromatic N) is 1. The van der Waals surface area contributed by atoms with Crippen LogP contribution >= 0.6 is 0 Å². The minimum atomic E-state index is -1.63. The van der Waals surface area contributed by atoms with Crippen LogP contribution in [0.2, 0.25) is 0 Å². The van der Waals surface area contributed by atoms with Crippen LogP contribution < -0.4 is 5.32 Å². The number of nitrogens with one attached hydrogen (secondary N) is 1. The molecule has 84 valence electrons. The van der Waals surface area contributed by atoms with E-state index >= 15 is 0 Å². The second kappa shape index (κ2) is 6.50. The van der Waals surface area contributed by atoms with E-state index in [9.17, 15) is 4.21 Å². The van der Waals surface area contributed by atoms with Crippen LogP contribution in [0.15, 0.2) is 0 Å². The Morgan fingerprint density at radius 1 is 1.50 bits per heavy atom. The van der Waals surface area contributed by atoms with Gasteiger partial charge in [-0.15, -0.1) is 0 Å². The van der Waals surface area contributed by atoms with Gasteiger partial charge in [0.2, 0.25) is 0 Å². The van der Waals surface area contributed by atoms with Crippen LogP contribution in [0.3, 0.4) is 0 Å². The third-order valence-electron chi connectivity index (χ3n) is 2.76. The summed E-state index contributed by atoms with van der Waals surface area (Å²) in [4.78, 5) is 2.31. The predicted octanol–water partition coefficient (Wildman–Crippen LogP) is 0.282. The molecule has 1 fully saturated rings. The Kier molecular flexibility index (Phi) is 5.62. The van der Waals surface area contributed by atoms with E-state index in [1.807, 2.05) is 0 Å². The molecule has 5 heteroatoms. The fourth-order valence-electron chi connectivity index (χ4n) is 1.87. The average Bonchev–Trinajstić information content (AvgIpc) is 2.18. The molecule has 4 nitrogen and oxygen atoms in total. The highest BCUT2D eigenvalue weighted by molar-refractivity contribution is 7.79. The summed E-state index contributed by atoms with van der Waals surface area (Å²) in [7, 11) is 2.11. The van der Waals surface area contributed by atoms with Crippen LogP contribution in [-0.2, 0) is 11.1 Å². The van der Waals surface area contributed by atoms with Crippen molar-refractivity contribution in [3.63, 3.8) is 0 Å². The molecule has 0 bridgehead atoms. The van der Waals surface area contributed by atoms with E-state index < -0.39 is 11.1 Å². The molecule has 0 aliphatic carbocycles. The van der Waals surface area contributed by atoms with Gasteiger partial charge >= 0.3 is 0 Å². The minimum absolute atomic E-state index is 0.398. The first-order chi connectivity index (χ1) is 6.70. The highest BCUT2D eigenvalue weighted by Gasteiger charge is 2.16. The summed E-state index contributed by atoms with van der Waals surface area (Å²) in [6.45, 7) is 3.12. The Hall–Kier alpha value is 0.0300. The van der Waals surface area contributed by atoms with Gasteiger partial charge < -0.3 is 14.8 Å². The van der Waals surface area contributed by atoms with Crippen LogP contribution in [0.5, 0.6) is 0 Å². The molecule has 1 aliphatic heterocycles. The normalized spacial score (nSPS) is 21.4. The molecule has 0 aromatic rings. The maximum Gasteiger partial charge on any atom is 0.152 e. The van der Waals surface area contributed by atoms with Crippen molar-refractivity contribution < 1.29 is 8.76 Å². The van der Waals surface area contributed by atoms with E-state index in [4.69, 9.17) is 4.55 Å². The number of piperidine rings is 1. The highest BCUT2D eigenvalue weighted by atomic mass is 32.2. The Morgan fingerprint density at radius 3 is 2.71 bits per heavy atom. The molecule has 0 saturated carbocycles. The first kappa shape index (κ1) is 12.1. The smallest absolute Gasteiger partial charge is 0.152 e. The molecule has 2 N–H and O–H groups in total. The van der Waals surface area contributed by atoms with E-state index in [0.29, 0.717) is 11.8 Å². The largest absolute Gasteiger partial charge is 0.317 e. The molecule has 1 heterocycles. The second-order valence-corrected chi connectivity index (χ2v) is 4.89. The van der Waals surface area contributed by atoms with Crippen molar-refractivity contribution in [1.82, 2.24) is 10.2 Å². The quantitative estimate of drug-likeness (QED) is 0.654. The molecule has 0 radical (unpaired) electrons. The van der Waals surface area contributed by atoms with Gasteiger partial charge in [-0.3, -0.25) is 0 Å². The van der Waals surface area contributed by atoms with Crippen molar-refractivity contribution in [3.05, 3.63) is 0 Å². The lowest BCUT2D eigenvalue weighted by Crippen LogP contribution is -2.41. The van der Waals surface area contributed by atoms with E-state index in [-0.39, 0.29) is 0 Å². The van der Waals surface area contributed by atoms with E-state index in [1.165, 1.54) is 12.8 Å². The summed E-state index contributed by atoms with van der Waals surface area (Å²) in [5.41, 5.74) is 0. The average molecular weight is 220 g/mol. The fraction of sp³-hybridized carbons (Fsp3) is 1.00. The number of rotatable bonds is 5. The van der Waals surface area contributed by atoms with Gasteiger partial charge in [-0.25, -0.2) is 4.21 Å². The first-order valence-electron chi connectivity index (χ1n) is 5.18. The molecule has 0 aromatic heterocycles. The lowest BCUT2D eigenvalue weighted by molar-refractivity contribution is 0.199. The van der Waals surface area contributed by atoms with Crippen molar-refractivity contribution in [1.29, 1.82) is 0 Å². The summed E-state index contributed by atoms with van der Waals surface area (Å²) in [6, 6.07) is 0.656. The van der Waals surface area contributed by atoms with Crippen molar-refractivity contribution in [2.24, 2.45) is 0 Å². The summed E-state index contributed by atoms with van der Waals surface area (Å²) in [6.07, 6.45) is 3.20. The van der Waals surface area contributed by atoms with E-state index in [0.717, 1.165) is 26.1 Å². The van der Waals surface area contributed by atoms with E-state index in [2.05, 4.69) is 17.3 Å². The molecule has 0 spiro atoms. The summed E-state index contributed by atoms with van der Waals surface area (Å²) in [5, 5.41) is 3.33. The summed E-state index contributed by atoms with van der Waals surface area (Å²) in [5.74, 6) is 0.398. The van der Waals surface area contributed by atoms with Gasteiger partial charge in [0.25, 0.3) is 0 Å². The summed E-state index contributed by atoms with van der Waals surface area (Å²) < 4.78 is 19.1. The lowest BCUT2D eigenvalue weighted by Gasteiger charge is -2.31. The monoisotopic (exact) mass is 220 g/mol. The fourth-order valence-corrected chi connectivity index (χ4v) is 2.24. The SMILES string of the molecule is CN(CCCS(=O)O)C1CCNCC1. The minimum Gasteiger partial charge on any atom is -0.317 e. The molecule has 1 unspecified atom stereocenters. The Bertz CT molecular complexity index is 184. The Morgan fingerprint density at radius 2 is 2.14 bits per heavy atom. The second-order valence-electron chi connectivity index (χ2n) is 3.84. The molecule has 1 aliphatic rings. The number of hydrogen-bond donors (Lipinski definition) is 2. The maximum atomic E-state index is 10.4. The zero-order chi connectivity index (χ0) is 10.4. The molecule has 0 aromatic carbocycles. The zero-order valence-electron chi connectivity index (χ0n) is 8.74. The van der Waals surface area contributed by atoms with Crippen LogP contribution in [0.4, 0.5) is 0 Å². The van der Waals surface area contributed by atoms with Crippen LogP contribution in [0, 0.1) is 0 Å². The van der Waals surface area contributed by atoms with Gasteiger partial charge in [0.05, 0.1) is 5.75 Å². The molecule has 1 saturated heterocycles. The number of hydrogen-bond acceptors (Lipinski definition) is 3. The van der Waals surface area contributed by atoms with Gasteiger partial charge in [-0.1, -0.05) is 0 Å². The van der Waals surface area contributed by atoms with Crippen LogP contribution in [-0.4, -0.2) is 52.1 Å². The van der Waals surface area contributed by atoms with Gasteiger partial charge in [-0.05, 0) is 45.9 Å². The first-order valence-corrected chi connectivity index (χ1v) is 6.46. The highest BCUT2D eigenvalue weighted by Crippen LogP contribution is 2.09. The zero-order valence-corrected chi connectivity index (χ0v) is 9.55. The molecule has 1 atom stereocenters. The maximum absolute atomic E-state index is 10.4. The van der Waals surface area contributed by atoms with Crippen molar-refractivity contribution in [2.45, 2.75) is 25.3 Å². The van der Waals surface area contributed by atoms with Gasteiger partial charge in [-0.2, -0.15) is 0 Å². The topological polar surface area (TPSA) is 52.6 Å². The van der Waals surface area contributed by atoms with Gasteiger partial charge in [0.1, 0.15) is 0 Å². The predicted molar refractivity (Wildman–Crippen MR) is 58.8 cm³/mol. The summed E-state index contributed by atoms with van der Waals surface area (Å²) >= 11 is -1.63. The van der Waals surface area contributed by atoms with Crippen molar-refractivity contribution >= 4 is 11.1 Å². The molecule has 0 amide bonds. The molecule has 14 heavy (non-hydrogen) atoms. The van der Waals surface area contributed by atoms with Crippen LogP contribution in [0.1, 0.15) is 19.3 Å². The van der Waals surface area contributed by atoms with Gasteiger partial charge in [0, 0.05) is 6.04 Å². The van der Waals surface area contributed by atoms with Crippen molar-refractivity contribution in [3.8, 4) is 0 Å². The van der Waals surface area contributed by atoms with Crippen LogP contribution in [0.25, 0.3) is 0 Å². The molecular formula is C9H20N2O2S. The van der Waals surface area contributed by atoms with Crippen molar-refractivity contribution in [2.75, 3.05) is 32.4 Å². The van der Waals surface area contributed by atoms with E-state index in [1.54, 1.807) is 0 Å². The molecular weight excluding hydrogens is 200 g/mol. The Balaban J connectivity index is 2.13. The molecule has 1 rings (SSSR count). The third kappa shape index (κ3) is 4.50. The Labute approximate surface area is 88.3 Å².